The Morgan fingerprint density at radius 1 is 1.16 bits per heavy atom. The minimum absolute atomic E-state index is 0.614. The van der Waals surface area contributed by atoms with Crippen LogP contribution < -0.4 is 5.32 Å². The highest BCUT2D eigenvalue weighted by Crippen LogP contribution is 2.15. The lowest BCUT2D eigenvalue weighted by atomic mass is 10.0. The normalized spacial score (nSPS) is 18.1. The Balaban J connectivity index is 1.84. The fourth-order valence-corrected chi connectivity index (χ4v) is 2.41. The molecule has 0 unspecified atom stereocenters. The predicted octanol–water partition coefficient (Wildman–Crippen LogP) is 3.12. The molecule has 0 bridgehead atoms. The highest BCUT2D eigenvalue weighted by atomic mass is 15.1. The van der Waals surface area contributed by atoms with E-state index in [0.717, 1.165) is 26.2 Å². The minimum atomic E-state index is 0.614. The van der Waals surface area contributed by atoms with Crippen molar-refractivity contribution in [1.29, 1.82) is 0 Å². The van der Waals surface area contributed by atoms with Gasteiger partial charge >= 0.3 is 0 Å². The zero-order valence-corrected chi connectivity index (χ0v) is 12.2. The summed E-state index contributed by atoms with van der Waals surface area (Å²) in [5.41, 5.74) is 2.72. The van der Waals surface area contributed by atoms with E-state index in [9.17, 15) is 0 Å². The number of hydrogen-bond donors (Lipinski definition) is 1. The second-order valence-corrected chi connectivity index (χ2v) is 5.63. The molecule has 0 amide bonds. The van der Waals surface area contributed by atoms with Gasteiger partial charge in [0.2, 0.25) is 0 Å². The van der Waals surface area contributed by atoms with Crippen molar-refractivity contribution in [3.05, 3.63) is 41.5 Å². The van der Waals surface area contributed by atoms with Crippen molar-refractivity contribution in [3.63, 3.8) is 0 Å². The van der Waals surface area contributed by atoms with E-state index in [1.807, 2.05) is 0 Å². The highest BCUT2D eigenvalue weighted by molar-refractivity contribution is 5.50. The van der Waals surface area contributed by atoms with Crippen molar-refractivity contribution in [2.45, 2.75) is 26.2 Å². The molecule has 1 aliphatic heterocycles. The first-order valence-electron chi connectivity index (χ1n) is 7.45. The van der Waals surface area contributed by atoms with Gasteiger partial charge in [-0.15, -0.1) is 0 Å². The standard InChI is InChI=1S/C17H26N2/c1-15(2)17-8-6-16(7-9-17)5-3-12-19-13-4-10-18-11-14-19/h3,5-9,15,18H,4,10-14H2,1-2H3/b5-3+. The van der Waals surface area contributed by atoms with Crippen molar-refractivity contribution >= 4 is 6.08 Å². The van der Waals surface area contributed by atoms with E-state index in [4.69, 9.17) is 0 Å². The van der Waals surface area contributed by atoms with Crippen molar-refractivity contribution in [3.8, 4) is 0 Å². The van der Waals surface area contributed by atoms with Crippen LogP contribution in [0.15, 0.2) is 30.3 Å². The third-order valence-corrected chi connectivity index (χ3v) is 3.71. The summed E-state index contributed by atoms with van der Waals surface area (Å²) in [4.78, 5) is 2.51. The summed E-state index contributed by atoms with van der Waals surface area (Å²) in [6.45, 7) is 10.2. The molecular weight excluding hydrogens is 232 g/mol. The van der Waals surface area contributed by atoms with E-state index in [1.54, 1.807) is 0 Å². The van der Waals surface area contributed by atoms with E-state index >= 15 is 0 Å². The number of nitrogens with one attached hydrogen (secondary N) is 1. The van der Waals surface area contributed by atoms with E-state index < -0.39 is 0 Å². The van der Waals surface area contributed by atoms with E-state index in [2.05, 4.69) is 60.5 Å². The Morgan fingerprint density at radius 3 is 2.68 bits per heavy atom. The van der Waals surface area contributed by atoms with Crippen LogP contribution in [0, 0.1) is 0 Å². The summed E-state index contributed by atoms with van der Waals surface area (Å²) in [5, 5.41) is 3.44. The van der Waals surface area contributed by atoms with Crippen LogP contribution in [0.3, 0.4) is 0 Å². The third kappa shape index (κ3) is 4.81. The quantitative estimate of drug-likeness (QED) is 0.892. The fourth-order valence-electron chi connectivity index (χ4n) is 2.41. The first kappa shape index (κ1) is 14.3. The van der Waals surface area contributed by atoms with Crippen LogP contribution in [0.4, 0.5) is 0 Å². The molecule has 1 heterocycles. The molecule has 1 aromatic carbocycles. The molecule has 1 aromatic rings. The van der Waals surface area contributed by atoms with Gasteiger partial charge in [-0.05, 0) is 36.6 Å². The Morgan fingerprint density at radius 2 is 1.95 bits per heavy atom. The number of rotatable bonds is 4. The van der Waals surface area contributed by atoms with Gasteiger partial charge in [-0.1, -0.05) is 50.3 Å². The number of nitrogens with zero attached hydrogens (tertiary/aromatic N) is 1. The molecule has 1 saturated heterocycles. The van der Waals surface area contributed by atoms with Gasteiger partial charge in [-0.3, -0.25) is 4.90 Å². The molecule has 0 aliphatic carbocycles. The molecule has 1 N–H and O–H groups in total. The highest BCUT2D eigenvalue weighted by Gasteiger charge is 2.05. The maximum Gasteiger partial charge on any atom is 0.0167 e. The Hall–Kier alpha value is -1.12. The van der Waals surface area contributed by atoms with Crippen LogP contribution in [0.1, 0.15) is 37.3 Å². The first-order chi connectivity index (χ1) is 9.25. The maximum atomic E-state index is 3.44. The van der Waals surface area contributed by atoms with E-state index in [1.165, 1.54) is 24.1 Å². The van der Waals surface area contributed by atoms with Crippen LogP contribution >= 0.6 is 0 Å². The SMILES string of the molecule is CC(C)c1ccc(/C=C/CN2CCCNCC2)cc1. The second-order valence-electron chi connectivity index (χ2n) is 5.63. The Labute approximate surface area is 117 Å². The lowest BCUT2D eigenvalue weighted by Gasteiger charge is -2.16. The lowest BCUT2D eigenvalue weighted by molar-refractivity contribution is 0.324. The largest absolute Gasteiger partial charge is 0.315 e. The minimum Gasteiger partial charge on any atom is -0.315 e. The summed E-state index contributed by atoms with van der Waals surface area (Å²) >= 11 is 0. The summed E-state index contributed by atoms with van der Waals surface area (Å²) in [6, 6.07) is 8.91. The number of hydrogen-bond acceptors (Lipinski definition) is 2. The van der Waals surface area contributed by atoms with Gasteiger partial charge in [-0.2, -0.15) is 0 Å². The summed E-state index contributed by atoms with van der Waals surface area (Å²) in [5.74, 6) is 0.614. The van der Waals surface area contributed by atoms with Crippen molar-refractivity contribution in [1.82, 2.24) is 10.2 Å². The van der Waals surface area contributed by atoms with Crippen LogP contribution in [-0.2, 0) is 0 Å². The van der Waals surface area contributed by atoms with Crippen LogP contribution in [0.25, 0.3) is 6.08 Å². The van der Waals surface area contributed by atoms with Gasteiger partial charge in [0.25, 0.3) is 0 Å². The van der Waals surface area contributed by atoms with Gasteiger partial charge < -0.3 is 5.32 Å². The summed E-state index contributed by atoms with van der Waals surface area (Å²) in [7, 11) is 0. The first-order valence-corrected chi connectivity index (χ1v) is 7.45. The smallest absolute Gasteiger partial charge is 0.0167 e. The van der Waals surface area contributed by atoms with Crippen molar-refractivity contribution in [2.24, 2.45) is 0 Å². The monoisotopic (exact) mass is 258 g/mol. The van der Waals surface area contributed by atoms with Gasteiger partial charge in [0.1, 0.15) is 0 Å². The molecule has 104 valence electrons. The molecule has 1 fully saturated rings. The lowest BCUT2D eigenvalue weighted by Crippen LogP contribution is -2.28. The fraction of sp³-hybridized carbons (Fsp3) is 0.529. The predicted molar refractivity (Wildman–Crippen MR) is 83.5 cm³/mol. The molecule has 0 saturated carbocycles. The van der Waals surface area contributed by atoms with Gasteiger partial charge in [0, 0.05) is 19.6 Å². The van der Waals surface area contributed by atoms with Crippen LogP contribution in [-0.4, -0.2) is 37.6 Å². The molecule has 0 spiro atoms. The molecule has 0 radical (unpaired) electrons. The van der Waals surface area contributed by atoms with Gasteiger partial charge in [-0.25, -0.2) is 0 Å². The van der Waals surface area contributed by atoms with Crippen LogP contribution in [0.5, 0.6) is 0 Å². The van der Waals surface area contributed by atoms with E-state index in [-0.39, 0.29) is 0 Å². The van der Waals surface area contributed by atoms with E-state index in [0.29, 0.717) is 5.92 Å². The number of benzene rings is 1. The summed E-state index contributed by atoms with van der Waals surface area (Å²) in [6.07, 6.45) is 5.79. The Kier molecular flexibility index (Phi) is 5.62. The molecule has 0 atom stereocenters. The molecule has 2 nitrogen and oxygen atoms in total. The zero-order chi connectivity index (χ0) is 13.5. The topological polar surface area (TPSA) is 15.3 Å². The van der Waals surface area contributed by atoms with Crippen molar-refractivity contribution < 1.29 is 0 Å². The molecule has 19 heavy (non-hydrogen) atoms. The average molecular weight is 258 g/mol. The van der Waals surface area contributed by atoms with Gasteiger partial charge in [0.05, 0.1) is 0 Å². The third-order valence-electron chi connectivity index (χ3n) is 3.71. The maximum absolute atomic E-state index is 3.44. The molecule has 2 rings (SSSR count). The molecule has 1 aliphatic rings. The van der Waals surface area contributed by atoms with Gasteiger partial charge in [0.15, 0.2) is 0 Å². The Bertz CT molecular complexity index is 384. The molecule has 0 aromatic heterocycles. The zero-order valence-electron chi connectivity index (χ0n) is 12.2. The molecular formula is C17H26N2. The van der Waals surface area contributed by atoms with Crippen LogP contribution in [0.2, 0.25) is 0 Å². The average Bonchev–Trinajstić information content (AvgIpc) is 2.68. The summed E-state index contributed by atoms with van der Waals surface area (Å²) < 4.78 is 0. The molecule has 2 heteroatoms. The second kappa shape index (κ2) is 7.46. The van der Waals surface area contributed by atoms with Crippen molar-refractivity contribution in [2.75, 3.05) is 32.7 Å².